The average molecular weight is 151 g/mol. The number of nitrogens with two attached hydrogens (primary N) is 1. The van der Waals surface area contributed by atoms with Crippen molar-refractivity contribution in [2.75, 3.05) is 0 Å². The van der Waals surface area contributed by atoms with Gasteiger partial charge in [0.25, 0.3) is 0 Å². The molecular formula is C10H17N. The molecule has 2 N–H and O–H groups in total. The van der Waals surface area contributed by atoms with Gasteiger partial charge >= 0.3 is 0 Å². The Bertz CT molecular complexity index is 172. The maximum Gasteiger partial charge on any atom is 0.0256 e. The van der Waals surface area contributed by atoms with Crippen molar-refractivity contribution in [2.45, 2.75) is 44.6 Å². The Morgan fingerprint density at radius 1 is 1.18 bits per heavy atom. The molecule has 1 fully saturated rings. The lowest BCUT2D eigenvalue weighted by molar-refractivity contribution is 0.376. The first-order chi connectivity index (χ1) is 5.38. The zero-order valence-corrected chi connectivity index (χ0v) is 7.05. The minimum Gasteiger partial charge on any atom is -0.324 e. The zero-order chi connectivity index (χ0) is 7.68. The summed E-state index contributed by atoms with van der Waals surface area (Å²) in [4.78, 5) is 0. The molecular weight excluding hydrogens is 134 g/mol. The molecule has 11 heavy (non-hydrogen) atoms. The largest absolute Gasteiger partial charge is 0.324 e. The fourth-order valence-corrected chi connectivity index (χ4v) is 2.48. The van der Waals surface area contributed by atoms with Gasteiger partial charge in [-0.05, 0) is 38.0 Å². The average Bonchev–Trinajstić information content (AvgIpc) is 2.06. The summed E-state index contributed by atoms with van der Waals surface area (Å²) in [7, 11) is 0. The molecule has 2 aliphatic carbocycles. The van der Waals surface area contributed by atoms with E-state index in [-0.39, 0.29) is 0 Å². The molecule has 1 saturated carbocycles. The molecule has 0 saturated heterocycles. The van der Waals surface area contributed by atoms with Gasteiger partial charge in [-0.3, -0.25) is 0 Å². The van der Waals surface area contributed by atoms with E-state index in [1.165, 1.54) is 38.5 Å². The van der Waals surface area contributed by atoms with E-state index >= 15 is 0 Å². The van der Waals surface area contributed by atoms with E-state index < -0.39 is 0 Å². The Kier molecular flexibility index (Phi) is 1.99. The third-order valence-corrected chi connectivity index (χ3v) is 3.10. The minimum absolute atomic E-state index is 0.411. The van der Waals surface area contributed by atoms with Crippen molar-refractivity contribution in [1.82, 2.24) is 0 Å². The van der Waals surface area contributed by atoms with Gasteiger partial charge in [-0.25, -0.2) is 0 Å². The molecule has 0 bridgehead atoms. The molecule has 62 valence electrons. The van der Waals surface area contributed by atoms with Crippen molar-refractivity contribution >= 4 is 0 Å². The molecule has 0 radical (unpaired) electrons. The highest BCUT2D eigenvalue weighted by Crippen LogP contribution is 2.35. The molecule has 0 heterocycles. The van der Waals surface area contributed by atoms with Crippen LogP contribution < -0.4 is 5.73 Å². The molecule has 0 aliphatic heterocycles. The van der Waals surface area contributed by atoms with Crippen LogP contribution in [-0.2, 0) is 0 Å². The van der Waals surface area contributed by atoms with Crippen molar-refractivity contribution in [3.05, 3.63) is 11.6 Å². The van der Waals surface area contributed by atoms with Crippen LogP contribution in [-0.4, -0.2) is 6.04 Å². The van der Waals surface area contributed by atoms with Crippen LogP contribution in [0.3, 0.4) is 0 Å². The van der Waals surface area contributed by atoms with Gasteiger partial charge in [-0.15, -0.1) is 0 Å². The van der Waals surface area contributed by atoms with Crippen molar-refractivity contribution in [3.8, 4) is 0 Å². The molecule has 2 rings (SSSR count). The predicted octanol–water partition coefficient (Wildman–Crippen LogP) is 2.22. The van der Waals surface area contributed by atoms with E-state index in [2.05, 4.69) is 6.08 Å². The van der Waals surface area contributed by atoms with Gasteiger partial charge in [0, 0.05) is 6.04 Å². The van der Waals surface area contributed by atoms with Crippen LogP contribution in [0.25, 0.3) is 0 Å². The van der Waals surface area contributed by atoms with Gasteiger partial charge in [0.1, 0.15) is 0 Å². The molecule has 0 amide bonds. The predicted molar refractivity (Wildman–Crippen MR) is 47.3 cm³/mol. The summed E-state index contributed by atoms with van der Waals surface area (Å²) in [6.07, 6.45) is 10.4. The second-order valence-electron chi connectivity index (χ2n) is 3.87. The Labute approximate surface area is 68.7 Å². The van der Waals surface area contributed by atoms with E-state index in [1.54, 1.807) is 5.57 Å². The van der Waals surface area contributed by atoms with Crippen molar-refractivity contribution in [1.29, 1.82) is 0 Å². The fraction of sp³-hybridized carbons (Fsp3) is 0.800. The van der Waals surface area contributed by atoms with Gasteiger partial charge in [0.15, 0.2) is 0 Å². The number of hydrogen-bond donors (Lipinski definition) is 1. The standard InChI is InChI=1S/C10H17N/c11-10-7-3-5-8-4-1-2-6-9(8)10/h6,8,10H,1-5,7,11H2. The maximum absolute atomic E-state index is 6.02. The van der Waals surface area contributed by atoms with Crippen LogP contribution in [0.15, 0.2) is 11.6 Å². The molecule has 0 aromatic heterocycles. The molecule has 0 aromatic rings. The quantitative estimate of drug-likeness (QED) is 0.528. The van der Waals surface area contributed by atoms with E-state index in [0.717, 1.165) is 5.92 Å². The molecule has 1 nitrogen and oxygen atoms in total. The summed E-state index contributed by atoms with van der Waals surface area (Å²) in [5.41, 5.74) is 7.61. The molecule has 0 aromatic carbocycles. The van der Waals surface area contributed by atoms with Crippen molar-refractivity contribution in [2.24, 2.45) is 11.7 Å². The zero-order valence-electron chi connectivity index (χ0n) is 7.05. The summed E-state index contributed by atoms with van der Waals surface area (Å²) in [6, 6.07) is 0.411. The van der Waals surface area contributed by atoms with E-state index in [1.807, 2.05) is 0 Å². The lowest BCUT2D eigenvalue weighted by Gasteiger charge is -2.33. The SMILES string of the molecule is NC1CCCC2CCCC=C12. The van der Waals surface area contributed by atoms with Crippen molar-refractivity contribution in [3.63, 3.8) is 0 Å². The fourth-order valence-electron chi connectivity index (χ4n) is 2.48. The van der Waals surface area contributed by atoms with Gasteiger partial charge in [-0.1, -0.05) is 18.1 Å². The molecule has 1 heteroatoms. The second kappa shape index (κ2) is 2.98. The van der Waals surface area contributed by atoms with Crippen LogP contribution in [0.2, 0.25) is 0 Å². The Hall–Kier alpha value is -0.300. The van der Waals surface area contributed by atoms with E-state index in [9.17, 15) is 0 Å². The number of hydrogen-bond acceptors (Lipinski definition) is 1. The van der Waals surface area contributed by atoms with Gasteiger partial charge < -0.3 is 5.73 Å². The van der Waals surface area contributed by atoms with Crippen LogP contribution in [0.4, 0.5) is 0 Å². The number of rotatable bonds is 0. The highest BCUT2D eigenvalue weighted by molar-refractivity contribution is 5.18. The van der Waals surface area contributed by atoms with Gasteiger partial charge in [-0.2, -0.15) is 0 Å². The van der Waals surface area contributed by atoms with Gasteiger partial charge in [0.2, 0.25) is 0 Å². The first-order valence-electron chi connectivity index (χ1n) is 4.83. The van der Waals surface area contributed by atoms with Crippen LogP contribution in [0.5, 0.6) is 0 Å². The smallest absolute Gasteiger partial charge is 0.0256 e. The third-order valence-electron chi connectivity index (χ3n) is 3.10. The lowest BCUT2D eigenvalue weighted by atomic mass is 9.75. The molecule has 2 aliphatic rings. The van der Waals surface area contributed by atoms with E-state index in [0.29, 0.717) is 6.04 Å². The molecule has 0 spiro atoms. The summed E-state index contributed by atoms with van der Waals surface area (Å²) >= 11 is 0. The molecule has 2 unspecified atom stereocenters. The van der Waals surface area contributed by atoms with Crippen molar-refractivity contribution < 1.29 is 0 Å². The second-order valence-corrected chi connectivity index (χ2v) is 3.87. The lowest BCUT2D eigenvalue weighted by Crippen LogP contribution is -2.32. The number of allylic oxidation sites excluding steroid dienone is 1. The summed E-state index contributed by atoms with van der Waals surface area (Å²) in [5.74, 6) is 0.868. The van der Waals surface area contributed by atoms with Gasteiger partial charge in [0.05, 0.1) is 0 Å². The third kappa shape index (κ3) is 1.34. The number of fused-ring (bicyclic) bond motifs is 1. The Balaban J connectivity index is 2.14. The normalized spacial score (nSPS) is 37.7. The maximum atomic E-state index is 6.02. The molecule has 2 atom stereocenters. The highest BCUT2D eigenvalue weighted by Gasteiger charge is 2.25. The summed E-state index contributed by atoms with van der Waals surface area (Å²) in [5, 5.41) is 0. The topological polar surface area (TPSA) is 26.0 Å². The van der Waals surface area contributed by atoms with E-state index in [4.69, 9.17) is 5.73 Å². The van der Waals surface area contributed by atoms with Crippen LogP contribution >= 0.6 is 0 Å². The van der Waals surface area contributed by atoms with Crippen LogP contribution in [0, 0.1) is 5.92 Å². The Morgan fingerprint density at radius 2 is 2.00 bits per heavy atom. The summed E-state index contributed by atoms with van der Waals surface area (Å²) < 4.78 is 0. The van der Waals surface area contributed by atoms with Crippen LogP contribution in [0.1, 0.15) is 38.5 Å². The minimum atomic E-state index is 0.411. The Morgan fingerprint density at radius 3 is 2.82 bits per heavy atom. The first-order valence-corrected chi connectivity index (χ1v) is 4.83. The highest BCUT2D eigenvalue weighted by atomic mass is 14.6. The monoisotopic (exact) mass is 151 g/mol. The first kappa shape index (κ1) is 7.35. The summed E-state index contributed by atoms with van der Waals surface area (Å²) in [6.45, 7) is 0.